The number of nitrogens with zero attached hydrogens (tertiary/aromatic N) is 2. The lowest BCUT2D eigenvalue weighted by molar-refractivity contribution is -0.136. The van der Waals surface area contributed by atoms with E-state index in [1.54, 1.807) is 38.3 Å². The van der Waals surface area contributed by atoms with Crippen LogP contribution in [0.5, 0.6) is 23.0 Å². The van der Waals surface area contributed by atoms with E-state index in [2.05, 4.69) is 4.99 Å². The van der Waals surface area contributed by atoms with Crippen LogP contribution in [0.4, 0.5) is 0 Å². The van der Waals surface area contributed by atoms with E-state index in [-0.39, 0.29) is 17.9 Å². The van der Waals surface area contributed by atoms with Crippen LogP contribution in [0, 0.1) is 0 Å². The van der Waals surface area contributed by atoms with Gasteiger partial charge < -0.3 is 23.7 Å². The third-order valence-corrected chi connectivity index (χ3v) is 7.08. The minimum atomic E-state index is -0.815. The van der Waals surface area contributed by atoms with Crippen LogP contribution in [0.2, 0.25) is 0 Å². The van der Waals surface area contributed by atoms with Gasteiger partial charge in [-0.25, -0.2) is 9.79 Å². The van der Waals surface area contributed by atoms with Crippen LogP contribution in [-0.4, -0.2) is 38.2 Å². The Kier molecular flexibility index (Phi) is 6.75. The Bertz CT molecular complexity index is 1580. The van der Waals surface area contributed by atoms with Crippen molar-refractivity contribution in [1.82, 2.24) is 4.57 Å². The number of fused-ring (bicyclic) bond motifs is 2. The van der Waals surface area contributed by atoms with Crippen molar-refractivity contribution in [3.63, 3.8) is 0 Å². The highest BCUT2D eigenvalue weighted by Gasteiger charge is 2.35. The molecular formula is C27H26N2O7S. The molecule has 3 aromatic rings. The van der Waals surface area contributed by atoms with Crippen LogP contribution in [-0.2, 0) is 9.53 Å². The Balaban J connectivity index is 1.73. The summed E-state index contributed by atoms with van der Waals surface area (Å²) in [5.74, 6) is 1.69. The second-order valence-electron chi connectivity index (χ2n) is 8.41. The van der Waals surface area contributed by atoms with E-state index in [1.807, 2.05) is 25.1 Å². The van der Waals surface area contributed by atoms with E-state index in [9.17, 15) is 9.59 Å². The van der Waals surface area contributed by atoms with E-state index >= 15 is 0 Å². The fourth-order valence-electron chi connectivity index (χ4n) is 4.41. The molecule has 2 aliphatic rings. The largest absolute Gasteiger partial charge is 0.493 e. The highest BCUT2D eigenvalue weighted by Crippen LogP contribution is 2.41. The summed E-state index contributed by atoms with van der Waals surface area (Å²) in [7, 11) is 2.86. The average molecular weight is 523 g/mol. The first-order chi connectivity index (χ1) is 18.0. The molecule has 0 aliphatic carbocycles. The average Bonchev–Trinajstić information content (AvgIpc) is 3.49. The van der Waals surface area contributed by atoms with Gasteiger partial charge in [-0.1, -0.05) is 36.5 Å². The molecule has 192 valence electrons. The first kappa shape index (κ1) is 24.6. The van der Waals surface area contributed by atoms with E-state index in [1.165, 1.54) is 23.0 Å². The highest BCUT2D eigenvalue weighted by atomic mass is 32.1. The molecular weight excluding hydrogens is 496 g/mol. The lowest BCUT2D eigenvalue weighted by atomic mass is 9.94. The summed E-state index contributed by atoms with van der Waals surface area (Å²) in [5.41, 5.74) is 1.84. The molecule has 0 radical (unpaired) electrons. The molecule has 0 amide bonds. The van der Waals surface area contributed by atoms with Crippen LogP contribution in [0.1, 0.15) is 37.4 Å². The van der Waals surface area contributed by atoms with Crippen LogP contribution >= 0.6 is 11.3 Å². The van der Waals surface area contributed by atoms with Crippen molar-refractivity contribution in [2.45, 2.75) is 26.3 Å². The number of methoxy groups -OCH3 is 2. The summed E-state index contributed by atoms with van der Waals surface area (Å²) in [5, 5.41) is 0. The second-order valence-corrected chi connectivity index (χ2v) is 9.42. The molecule has 0 spiro atoms. The number of thiazole rings is 1. The summed E-state index contributed by atoms with van der Waals surface area (Å²) >= 11 is 1.25. The zero-order chi connectivity index (χ0) is 26.1. The summed E-state index contributed by atoms with van der Waals surface area (Å²) < 4.78 is 29.6. The molecule has 0 saturated carbocycles. The van der Waals surface area contributed by atoms with Gasteiger partial charge in [0.05, 0.1) is 36.6 Å². The van der Waals surface area contributed by atoms with Gasteiger partial charge in [-0.2, -0.15) is 0 Å². The molecule has 1 aromatic heterocycles. The predicted molar refractivity (Wildman–Crippen MR) is 137 cm³/mol. The Hall–Kier alpha value is -4.05. The van der Waals surface area contributed by atoms with E-state index in [4.69, 9.17) is 23.7 Å². The van der Waals surface area contributed by atoms with Crippen molar-refractivity contribution >= 4 is 23.4 Å². The van der Waals surface area contributed by atoms with Crippen molar-refractivity contribution in [2.75, 3.05) is 27.6 Å². The van der Waals surface area contributed by atoms with Crippen LogP contribution < -0.4 is 33.8 Å². The number of hydrogen-bond donors (Lipinski definition) is 0. The molecule has 9 nitrogen and oxygen atoms in total. The Morgan fingerprint density at radius 3 is 2.78 bits per heavy atom. The number of esters is 1. The number of para-hydroxylation sites is 1. The van der Waals surface area contributed by atoms with E-state index in [0.717, 1.165) is 12.0 Å². The number of carbonyl (C=O) groups excluding carboxylic acids is 1. The number of benzene rings is 2. The maximum absolute atomic E-state index is 13.9. The lowest BCUT2D eigenvalue weighted by Gasteiger charge is -2.26. The van der Waals surface area contributed by atoms with Crippen LogP contribution in [0.25, 0.3) is 6.08 Å². The van der Waals surface area contributed by atoms with Crippen molar-refractivity contribution < 1.29 is 28.5 Å². The number of rotatable bonds is 7. The number of hydrogen-bond acceptors (Lipinski definition) is 9. The van der Waals surface area contributed by atoms with Gasteiger partial charge in [-0.3, -0.25) is 9.36 Å². The van der Waals surface area contributed by atoms with Crippen molar-refractivity contribution in [3.8, 4) is 23.0 Å². The molecule has 3 heterocycles. The molecule has 0 fully saturated rings. The Labute approximate surface area is 216 Å². The first-order valence-corrected chi connectivity index (χ1v) is 12.6. The molecule has 37 heavy (non-hydrogen) atoms. The van der Waals surface area contributed by atoms with Crippen LogP contribution in [0.3, 0.4) is 0 Å². The summed E-state index contributed by atoms with van der Waals surface area (Å²) in [4.78, 5) is 31.9. The van der Waals surface area contributed by atoms with E-state index in [0.29, 0.717) is 50.2 Å². The lowest BCUT2D eigenvalue weighted by Crippen LogP contribution is -2.40. The molecule has 1 atom stereocenters. The summed E-state index contributed by atoms with van der Waals surface area (Å²) in [6.07, 6.45) is 2.55. The molecule has 0 saturated heterocycles. The van der Waals surface area contributed by atoms with Gasteiger partial charge in [0.2, 0.25) is 6.79 Å². The smallest absolute Gasteiger partial charge is 0.338 e. The zero-order valence-corrected chi connectivity index (χ0v) is 21.7. The number of ether oxygens (including phenoxy) is 5. The van der Waals surface area contributed by atoms with Crippen LogP contribution in [0.15, 0.2) is 57.5 Å². The molecule has 0 bridgehead atoms. The fraction of sp³-hybridized carbons (Fsp3) is 0.296. The fourth-order valence-corrected chi connectivity index (χ4v) is 5.46. The van der Waals surface area contributed by atoms with Gasteiger partial charge in [-0.15, -0.1) is 0 Å². The number of aromatic nitrogens is 1. The normalized spacial score (nSPS) is 16.3. The highest BCUT2D eigenvalue weighted by molar-refractivity contribution is 7.07. The topological polar surface area (TPSA) is 97.6 Å². The standard InChI is InChI=1S/C27H26N2O7S/c1-5-11-34-24-17(7-6-8-19(24)32-3)23-22(26(31)33-4)15(2)28-27-29(23)25(30)21(37-27)13-16-9-10-18-20(12-16)36-14-35-18/h6-10,12-13,23H,5,11,14H2,1-4H3/t23-/m0/s1. The molecule has 2 aromatic carbocycles. The number of allylic oxidation sites excluding steroid dienone is 1. The van der Waals surface area contributed by atoms with Gasteiger partial charge in [0, 0.05) is 5.56 Å². The Morgan fingerprint density at radius 1 is 1.22 bits per heavy atom. The van der Waals surface area contributed by atoms with Gasteiger partial charge in [-0.05, 0) is 43.2 Å². The minimum Gasteiger partial charge on any atom is -0.493 e. The third kappa shape index (κ3) is 4.37. The second kappa shape index (κ2) is 10.1. The monoisotopic (exact) mass is 522 g/mol. The molecule has 5 rings (SSSR count). The van der Waals surface area contributed by atoms with Gasteiger partial charge in [0.1, 0.15) is 6.04 Å². The Morgan fingerprint density at radius 2 is 2.03 bits per heavy atom. The minimum absolute atomic E-state index is 0.166. The third-order valence-electron chi connectivity index (χ3n) is 6.10. The van der Waals surface area contributed by atoms with Gasteiger partial charge in [0.15, 0.2) is 27.8 Å². The first-order valence-electron chi connectivity index (χ1n) is 11.8. The summed E-state index contributed by atoms with van der Waals surface area (Å²) in [6.45, 7) is 4.34. The van der Waals surface area contributed by atoms with E-state index < -0.39 is 12.0 Å². The zero-order valence-electron chi connectivity index (χ0n) is 20.9. The molecule has 0 unspecified atom stereocenters. The summed E-state index contributed by atoms with van der Waals surface area (Å²) in [6, 6.07) is 10.1. The molecule has 0 N–H and O–H groups in total. The number of carbonyl (C=O) groups is 1. The SMILES string of the molecule is CCCOc1c(OC)cccc1[C@H]1C(C(=O)OC)=C(C)N=c2sc(=Cc3ccc4c(c3)OCO4)c(=O)n21. The van der Waals surface area contributed by atoms with Crippen molar-refractivity contribution in [1.29, 1.82) is 0 Å². The van der Waals surface area contributed by atoms with Gasteiger partial charge in [0.25, 0.3) is 5.56 Å². The predicted octanol–water partition coefficient (Wildman–Crippen LogP) is 2.93. The van der Waals surface area contributed by atoms with Gasteiger partial charge >= 0.3 is 5.97 Å². The maximum Gasteiger partial charge on any atom is 0.338 e. The van der Waals surface area contributed by atoms with Crippen molar-refractivity contribution in [3.05, 3.63) is 78.5 Å². The molecule has 10 heteroatoms. The van der Waals surface area contributed by atoms with Crippen molar-refractivity contribution in [2.24, 2.45) is 4.99 Å². The quantitative estimate of drug-likeness (QED) is 0.440. The molecule has 2 aliphatic heterocycles. The maximum atomic E-state index is 13.9.